The van der Waals surface area contributed by atoms with Gasteiger partial charge in [-0.2, -0.15) is 0 Å². The van der Waals surface area contributed by atoms with Crippen LogP contribution in [0.25, 0.3) is 0 Å². The van der Waals surface area contributed by atoms with E-state index in [-0.39, 0.29) is 18.3 Å². The Morgan fingerprint density at radius 3 is 2.31 bits per heavy atom. The highest BCUT2D eigenvalue weighted by Gasteiger charge is 2.60. The molecular formula is C12H22O4. The van der Waals surface area contributed by atoms with Crippen LogP contribution in [0.2, 0.25) is 0 Å². The van der Waals surface area contributed by atoms with Crippen molar-refractivity contribution in [1.82, 2.24) is 0 Å². The van der Waals surface area contributed by atoms with E-state index in [0.29, 0.717) is 0 Å². The van der Waals surface area contributed by atoms with E-state index < -0.39 is 17.5 Å². The molecule has 0 aromatic carbocycles. The first-order valence-corrected chi connectivity index (χ1v) is 6.04. The maximum atomic E-state index is 9.92. The summed E-state index contributed by atoms with van der Waals surface area (Å²) in [5, 5.41) is 9.92. The summed E-state index contributed by atoms with van der Waals surface area (Å²) in [5.41, 5.74) is -0.536. The highest BCUT2D eigenvalue weighted by atomic mass is 16.8. The lowest BCUT2D eigenvalue weighted by Gasteiger charge is -2.37. The number of aliphatic hydroxyl groups excluding tert-OH is 1. The van der Waals surface area contributed by atoms with Gasteiger partial charge in [0, 0.05) is 5.92 Å². The van der Waals surface area contributed by atoms with Crippen molar-refractivity contribution in [1.29, 1.82) is 0 Å². The van der Waals surface area contributed by atoms with Crippen molar-refractivity contribution in [3.8, 4) is 0 Å². The summed E-state index contributed by atoms with van der Waals surface area (Å²) in [7, 11) is 0. The van der Waals surface area contributed by atoms with Crippen LogP contribution in [0.5, 0.6) is 0 Å². The summed E-state index contributed by atoms with van der Waals surface area (Å²) in [5.74, 6) is -0.452. The van der Waals surface area contributed by atoms with E-state index in [9.17, 15) is 5.11 Å². The quantitative estimate of drug-likeness (QED) is 0.783. The number of aliphatic hydroxyl groups is 1. The Kier molecular flexibility index (Phi) is 2.82. The second-order valence-corrected chi connectivity index (χ2v) is 5.36. The number of fused-ring (bicyclic) bond motifs is 1. The smallest absolute Gasteiger partial charge is 0.188 e. The Bertz CT molecular complexity index is 276. The van der Waals surface area contributed by atoms with Crippen LogP contribution < -0.4 is 0 Å². The SMILES string of the molecule is CC[C@]1([C@@H](C)O)O[C@@H]2OC(C)(C)O[C@@H]2[C@@H]1C. The molecule has 0 aromatic heterocycles. The molecule has 2 aliphatic rings. The van der Waals surface area contributed by atoms with Gasteiger partial charge in [-0.1, -0.05) is 13.8 Å². The summed E-state index contributed by atoms with van der Waals surface area (Å²) < 4.78 is 17.5. The molecule has 16 heavy (non-hydrogen) atoms. The van der Waals surface area contributed by atoms with Crippen molar-refractivity contribution < 1.29 is 19.3 Å². The first-order valence-electron chi connectivity index (χ1n) is 6.04. The molecule has 2 heterocycles. The van der Waals surface area contributed by atoms with Gasteiger partial charge in [-0.25, -0.2) is 0 Å². The third kappa shape index (κ3) is 1.59. The van der Waals surface area contributed by atoms with Crippen molar-refractivity contribution in [2.45, 2.75) is 70.9 Å². The average Bonchev–Trinajstić information content (AvgIpc) is 2.59. The molecule has 0 radical (unpaired) electrons. The summed E-state index contributed by atoms with van der Waals surface area (Å²) in [6.07, 6.45) is -0.191. The van der Waals surface area contributed by atoms with Gasteiger partial charge in [0.05, 0.1) is 6.10 Å². The summed E-state index contributed by atoms with van der Waals surface area (Å²) in [6.45, 7) is 9.63. The van der Waals surface area contributed by atoms with Crippen LogP contribution in [0.1, 0.15) is 41.0 Å². The van der Waals surface area contributed by atoms with Crippen LogP contribution in [0.3, 0.4) is 0 Å². The molecular weight excluding hydrogens is 208 g/mol. The van der Waals surface area contributed by atoms with E-state index in [1.165, 1.54) is 0 Å². The molecule has 94 valence electrons. The molecule has 0 spiro atoms. The van der Waals surface area contributed by atoms with Gasteiger partial charge in [-0.3, -0.25) is 0 Å². The maximum absolute atomic E-state index is 9.92. The van der Waals surface area contributed by atoms with Crippen molar-refractivity contribution in [2.75, 3.05) is 0 Å². The molecule has 0 aliphatic carbocycles. The monoisotopic (exact) mass is 230 g/mol. The van der Waals surface area contributed by atoms with Gasteiger partial charge >= 0.3 is 0 Å². The first-order chi connectivity index (χ1) is 7.32. The molecule has 2 rings (SSSR count). The molecule has 2 fully saturated rings. The Morgan fingerprint density at radius 2 is 1.88 bits per heavy atom. The molecule has 0 saturated carbocycles. The van der Waals surface area contributed by atoms with Crippen LogP contribution in [0.15, 0.2) is 0 Å². The fraction of sp³-hybridized carbons (Fsp3) is 1.00. The largest absolute Gasteiger partial charge is 0.390 e. The fourth-order valence-electron chi connectivity index (χ4n) is 2.97. The molecule has 4 nitrogen and oxygen atoms in total. The zero-order valence-corrected chi connectivity index (χ0v) is 10.7. The van der Waals surface area contributed by atoms with Gasteiger partial charge < -0.3 is 19.3 Å². The lowest BCUT2D eigenvalue weighted by molar-refractivity contribution is -0.248. The zero-order chi connectivity index (χ0) is 12.1. The number of rotatable bonds is 2. The highest BCUT2D eigenvalue weighted by molar-refractivity contribution is 5.02. The Hall–Kier alpha value is -0.160. The van der Waals surface area contributed by atoms with E-state index in [1.807, 2.05) is 20.8 Å². The maximum Gasteiger partial charge on any atom is 0.188 e. The minimum atomic E-state index is -0.581. The van der Waals surface area contributed by atoms with Gasteiger partial charge in [0.1, 0.15) is 11.7 Å². The van der Waals surface area contributed by atoms with Crippen LogP contribution in [0.4, 0.5) is 0 Å². The van der Waals surface area contributed by atoms with E-state index >= 15 is 0 Å². The van der Waals surface area contributed by atoms with Crippen molar-refractivity contribution in [2.24, 2.45) is 5.92 Å². The second kappa shape index (κ2) is 3.67. The van der Waals surface area contributed by atoms with E-state index in [4.69, 9.17) is 14.2 Å². The number of hydrogen-bond donors (Lipinski definition) is 1. The van der Waals surface area contributed by atoms with Crippen LogP contribution in [-0.4, -0.2) is 35.0 Å². The van der Waals surface area contributed by atoms with Crippen molar-refractivity contribution >= 4 is 0 Å². The minimum Gasteiger partial charge on any atom is -0.390 e. The number of ether oxygens (including phenoxy) is 3. The molecule has 0 aromatic rings. The van der Waals surface area contributed by atoms with Gasteiger partial charge in [-0.05, 0) is 27.2 Å². The van der Waals surface area contributed by atoms with Crippen molar-refractivity contribution in [3.05, 3.63) is 0 Å². The van der Waals surface area contributed by atoms with Gasteiger partial charge in [0.15, 0.2) is 12.1 Å². The fourth-order valence-corrected chi connectivity index (χ4v) is 2.97. The molecule has 0 amide bonds. The normalized spacial score (nSPS) is 48.0. The molecule has 4 heteroatoms. The van der Waals surface area contributed by atoms with Crippen molar-refractivity contribution in [3.63, 3.8) is 0 Å². The molecule has 2 aliphatic heterocycles. The topological polar surface area (TPSA) is 47.9 Å². The minimum absolute atomic E-state index is 0.0791. The standard InChI is InChI=1S/C12H22O4/c1-6-12(8(3)13)7(2)9-10(16-12)15-11(4,5)14-9/h7-10,13H,6H2,1-5H3/t7-,8+,9+,10-,12-/m0/s1. The van der Waals surface area contributed by atoms with Gasteiger partial charge in [0.25, 0.3) is 0 Å². The predicted molar refractivity (Wildman–Crippen MR) is 58.8 cm³/mol. The third-order valence-corrected chi connectivity index (χ3v) is 3.95. The Morgan fingerprint density at radius 1 is 1.25 bits per heavy atom. The van der Waals surface area contributed by atoms with E-state index in [0.717, 1.165) is 6.42 Å². The molecule has 0 bridgehead atoms. The lowest BCUT2D eigenvalue weighted by atomic mass is 9.81. The average molecular weight is 230 g/mol. The Balaban J connectivity index is 2.21. The number of hydrogen-bond acceptors (Lipinski definition) is 4. The van der Waals surface area contributed by atoms with E-state index in [1.54, 1.807) is 6.92 Å². The first kappa shape index (κ1) is 12.3. The molecule has 1 N–H and O–H groups in total. The zero-order valence-electron chi connectivity index (χ0n) is 10.7. The van der Waals surface area contributed by atoms with E-state index in [2.05, 4.69) is 6.92 Å². The second-order valence-electron chi connectivity index (χ2n) is 5.36. The molecule has 5 atom stereocenters. The summed E-state index contributed by atoms with van der Waals surface area (Å²) in [4.78, 5) is 0. The highest BCUT2D eigenvalue weighted by Crippen LogP contribution is 2.48. The third-order valence-electron chi connectivity index (χ3n) is 3.95. The lowest BCUT2D eigenvalue weighted by Crippen LogP contribution is -2.47. The molecule has 2 saturated heterocycles. The van der Waals surface area contributed by atoms with Crippen LogP contribution >= 0.6 is 0 Å². The van der Waals surface area contributed by atoms with Crippen LogP contribution in [0, 0.1) is 5.92 Å². The summed E-state index contributed by atoms with van der Waals surface area (Å²) in [6, 6.07) is 0. The van der Waals surface area contributed by atoms with Crippen LogP contribution in [-0.2, 0) is 14.2 Å². The van der Waals surface area contributed by atoms with Gasteiger partial charge in [-0.15, -0.1) is 0 Å². The summed E-state index contributed by atoms with van der Waals surface area (Å²) >= 11 is 0. The molecule has 0 unspecified atom stereocenters. The van der Waals surface area contributed by atoms with Gasteiger partial charge in [0.2, 0.25) is 0 Å². The predicted octanol–water partition coefficient (Wildman–Crippen LogP) is 1.66. The Labute approximate surface area is 96.9 Å².